The van der Waals surface area contributed by atoms with E-state index in [0.717, 1.165) is 12.8 Å². The van der Waals surface area contributed by atoms with Gasteiger partial charge in [-0.3, -0.25) is 10.1 Å². The summed E-state index contributed by atoms with van der Waals surface area (Å²) >= 11 is 0. The molecule has 0 saturated heterocycles. The Bertz CT molecular complexity index is 121. The van der Waals surface area contributed by atoms with Crippen molar-refractivity contribution in [3.05, 3.63) is 22.3 Å². The molecule has 3 nitrogen and oxygen atoms in total. The second-order valence-corrected chi connectivity index (χ2v) is 2.08. The smallest absolute Gasteiger partial charge is 0.204 e. The van der Waals surface area contributed by atoms with Gasteiger partial charge in [0.05, 0.1) is 0 Å². The first kappa shape index (κ1) is 9.14. The van der Waals surface area contributed by atoms with Crippen LogP contribution in [0.1, 0.15) is 26.2 Å². The van der Waals surface area contributed by atoms with Gasteiger partial charge in [0.25, 0.3) is 0 Å². The normalized spacial score (nSPS) is 10.5. The Kier molecular flexibility index (Phi) is 5.72. The van der Waals surface area contributed by atoms with E-state index >= 15 is 0 Å². The minimum atomic E-state index is -0.278. The Hall–Kier alpha value is -0.860. The first-order chi connectivity index (χ1) is 4.77. The average molecular weight is 143 g/mol. The molecule has 0 aromatic heterocycles. The quantitative estimate of drug-likeness (QED) is 0.256. The molecule has 58 valence electrons. The summed E-state index contributed by atoms with van der Waals surface area (Å²) in [5.74, 6) is 0. The summed E-state index contributed by atoms with van der Waals surface area (Å²) in [6, 6.07) is 0. The van der Waals surface area contributed by atoms with Crippen molar-refractivity contribution in [1.82, 2.24) is 0 Å². The number of hydrogen-bond acceptors (Lipinski definition) is 2. The Morgan fingerprint density at radius 1 is 1.50 bits per heavy atom. The van der Waals surface area contributed by atoms with E-state index in [2.05, 4.69) is 0 Å². The van der Waals surface area contributed by atoms with Crippen LogP contribution in [0.15, 0.2) is 12.2 Å². The number of nitro groups is 1. The molecule has 0 aliphatic carbocycles. The largest absolute Gasteiger partial charge is 0.265 e. The van der Waals surface area contributed by atoms with Crippen LogP contribution in [0.2, 0.25) is 0 Å². The zero-order chi connectivity index (χ0) is 7.82. The third kappa shape index (κ3) is 7.14. The minimum absolute atomic E-state index is 0.0913. The molecule has 0 N–H and O–H groups in total. The predicted octanol–water partition coefficient (Wildman–Crippen LogP) is 2.01. The number of allylic oxidation sites excluding steroid dienone is 2. The first-order valence-electron chi connectivity index (χ1n) is 3.54. The summed E-state index contributed by atoms with van der Waals surface area (Å²) in [5.41, 5.74) is 0. The molecule has 0 aliphatic heterocycles. The van der Waals surface area contributed by atoms with Gasteiger partial charge in [0.2, 0.25) is 6.54 Å². The van der Waals surface area contributed by atoms with Crippen LogP contribution in [0.5, 0.6) is 0 Å². The van der Waals surface area contributed by atoms with Crippen molar-refractivity contribution >= 4 is 0 Å². The topological polar surface area (TPSA) is 43.1 Å². The van der Waals surface area contributed by atoms with E-state index in [1.807, 2.05) is 19.1 Å². The molecule has 0 aromatic rings. The highest BCUT2D eigenvalue weighted by atomic mass is 16.6. The van der Waals surface area contributed by atoms with Crippen LogP contribution in [-0.4, -0.2) is 11.5 Å². The highest BCUT2D eigenvalue weighted by molar-refractivity contribution is 4.79. The lowest BCUT2D eigenvalue weighted by atomic mass is 10.3. The van der Waals surface area contributed by atoms with Gasteiger partial charge in [-0.1, -0.05) is 19.1 Å². The van der Waals surface area contributed by atoms with Crippen LogP contribution in [0.25, 0.3) is 0 Å². The Morgan fingerprint density at radius 2 is 2.20 bits per heavy atom. The zero-order valence-electron chi connectivity index (χ0n) is 6.25. The molecule has 0 heterocycles. The van der Waals surface area contributed by atoms with E-state index in [1.165, 1.54) is 0 Å². The molecule has 0 bridgehead atoms. The standard InChI is InChI=1S/C7H13NO2/c1-2-3-4-5-6-7-8(9)10/h3-4H,2,5-7H2,1H3/b4-3-. The van der Waals surface area contributed by atoms with Gasteiger partial charge >= 0.3 is 0 Å². The maximum atomic E-state index is 9.81. The van der Waals surface area contributed by atoms with Gasteiger partial charge in [-0.05, 0) is 12.8 Å². The summed E-state index contributed by atoms with van der Waals surface area (Å²) in [4.78, 5) is 9.54. The summed E-state index contributed by atoms with van der Waals surface area (Å²) in [5, 5.41) is 9.81. The maximum absolute atomic E-state index is 9.81. The van der Waals surface area contributed by atoms with E-state index in [4.69, 9.17) is 0 Å². The highest BCUT2D eigenvalue weighted by Gasteiger charge is 1.92. The van der Waals surface area contributed by atoms with Gasteiger partial charge in [0.1, 0.15) is 0 Å². The maximum Gasteiger partial charge on any atom is 0.204 e. The molecular formula is C7H13NO2. The molecule has 0 aromatic carbocycles. The van der Waals surface area contributed by atoms with Crippen LogP contribution in [0.3, 0.4) is 0 Å². The van der Waals surface area contributed by atoms with Crippen LogP contribution in [-0.2, 0) is 0 Å². The van der Waals surface area contributed by atoms with Gasteiger partial charge < -0.3 is 0 Å². The van der Waals surface area contributed by atoms with Crippen LogP contribution < -0.4 is 0 Å². The molecule has 0 unspecified atom stereocenters. The van der Waals surface area contributed by atoms with Crippen molar-refractivity contribution in [2.45, 2.75) is 26.2 Å². The highest BCUT2D eigenvalue weighted by Crippen LogP contribution is 1.92. The lowest BCUT2D eigenvalue weighted by Crippen LogP contribution is -1.98. The van der Waals surface area contributed by atoms with Gasteiger partial charge in [0, 0.05) is 11.3 Å². The van der Waals surface area contributed by atoms with Crippen molar-refractivity contribution in [2.75, 3.05) is 6.54 Å². The number of rotatable bonds is 5. The SMILES string of the molecule is CC/C=C\CCC[N+](=O)[O-]. The van der Waals surface area contributed by atoms with Gasteiger partial charge in [-0.15, -0.1) is 0 Å². The Balaban J connectivity index is 3.05. The number of hydrogen-bond donors (Lipinski definition) is 0. The molecule has 0 spiro atoms. The van der Waals surface area contributed by atoms with Crippen LogP contribution >= 0.6 is 0 Å². The molecule has 0 rings (SSSR count). The molecular weight excluding hydrogens is 130 g/mol. The second kappa shape index (κ2) is 6.26. The van der Waals surface area contributed by atoms with Gasteiger partial charge in [-0.25, -0.2) is 0 Å². The summed E-state index contributed by atoms with van der Waals surface area (Å²) in [7, 11) is 0. The third-order valence-electron chi connectivity index (χ3n) is 1.11. The molecule has 10 heavy (non-hydrogen) atoms. The minimum Gasteiger partial charge on any atom is -0.265 e. The van der Waals surface area contributed by atoms with Crippen molar-refractivity contribution in [1.29, 1.82) is 0 Å². The fourth-order valence-electron chi connectivity index (χ4n) is 0.623. The lowest BCUT2D eigenvalue weighted by molar-refractivity contribution is -0.480. The molecule has 0 aliphatic rings. The molecule has 0 radical (unpaired) electrons. The van der Waals surface area contributed by atoms with Crippen LogP contribution in [0, 0.1) is 10.1 Å². The molecule has 0 fully saturated rings. The Labute approximate surface area is 60.9 Å². The van der Waals surface area contributed by atoms with E-state index < -0.39 is 0 Å². The first-order valence-corrected chi connectivity index (χ1v) is 3.54. The second-order valence-electron chi connectivity index (χ2n) is 2.08. The summed E-state index contributed by atoms with van der Waals surface area (Å²) < 4.78 is 0. The van der Waals surface area contributed by atoms with Gasteiger partial charge in [0.15, 0.2) is 0 Å². The van der Waals surface area contributed by atoms with Crippen LogP contribution in [0.4, 0.5) is 0 Å². The molecule has 3 heteroatoms. The number of unbranched alkanes of at least 4 members (excludes halogenated alkanes) is 1. The summed E-state index contributed by atoms with van der Waals surface area (Å²) in [6.07, 6.45) is 6.51. The van der Waals surface area contributed by atoms with Crippen molar-refractivity contribution in [3.63, 3.8) is 0 Å². The van der Waals surface area contributed by atoms with Crippen molar-refractivity contribution < 1.29 is 4.92 Å². The Morgan fingerprint density at radius 3 is 2.70 bits per heavy atom. The third-order valence-corrected chi connectivity index (χ3v) is 1.11. The predicted molar refractivity (Wildman–Crippen MR) is 40.5 cm³/mol. The van der Waals surface area contributed by atoms with E-state index in [9.17, 15) is 10.1 Å². The molecule has 0 saturated carbocycles. The fraction of sp³-hybridized carbons (Fsp3) is 0.714. The summed E-state index contributed by atoms with van der Waals surface area (Å²) in [6.45, 7) is 2.14. The zero-order valence-corrected chi connectivity index (χ0v) is 6.25. The van der Waals surface area contributed by atoms with E-state index in [-0.39, 0.29) is 11.5 Å². The lowest BCUT2D eigenvalue weighted by Gasteiger charge is -1.87. The fourth-order valence-corrected chi connectivity index (χ4v) is 0.623. The van der Waals surface area contributed by atoms with E-state index in [1.54, 1.807) is 0 Å². The monoisotopic (exact) mass is 143 g/mol. The molecule has 0 atom stereocenters. The average Bonchev–Trinajstić information content (AvgIpc) is 1.87. The van der Waals surface area contributed by atoms with E-state index in [0.29, 0.717) is 6.42 Å². The van der Waals surface area contributed by atoms with Crippen molar-refractivity contribution in [3.8, 4) is 0 Å². The number of nitrogens with zero attached hydrogens (tertiary/aromatic N) is 1. The molecule has 0 amide bonds. The van der Waals surface area contributed by atoms with Crippen molar-refractivity contribution in [2.24, 2.45) is 0 Å². The van der Waals surface area contributed by atoms with Gasteiger partial charge in [-0.2, -0.15) is 0 Å².